The minimum atomic E-state index is -5.08. The number of primary amides is 1. The monoisotopic (exact) mass is 271 g/mol. The lowest BCUT2D eigenvalue weighted by molar-refractivity contribution is -0.192. The number of hydrogen-bond acceptors (Lipinski definition) is 3. The Morgan fingerprint density at radius 2 is 1.72 bits per heavy atom. The maximum absolute atomic E-state index is 10.6. The Hall–Kier alpha value is -1.31. The van der Waals surface area contributed by atoms with Crippen LogP contribution in [0.3, 0.4) is 0 Å². The molecule has 1 amide bonds. The average Bonchev–Trinajstić information content (AvgIpc) is 2.27. The van der Waals surface area contributed by atoms with Gasteiger partial charge in [0.1, 0.15) is 0 Å². The first kappa shape index (κ1) is 16.7. The van der Waals surface area contributed by atoms with Crippen LogP contribution in [0, 0.1) is 5.92 Å². The number of carboxylic acid groups (broad SMARTS) is 1. The molecule has 0 aromatic heterocycles. The zero-order chi connectivity index (χ0) is 14.2. The molecule has 106 valence electrons. The molecule has 0 unspecified atom stereocenters. The van der Waals surface area contributed by atoms with Crippen LogP contribution in [0.5, 0.6) is 0 Å². The Morgan fingerprint density at radius 3 is 2.06 bits per heavy atom. The van der Waals surface area contributed by atoms with Crippen molar-refractivity contribution in [2.24, 2.45) is 11.7 Å². The summed E-state index contributed by atoms with van der Waals surface area (Å²) in [5, 5.41) is 7.12. The summed E-state index contributed by atoms with van der Waals surface area (Å²) >= 11 is 0. The minimum absolute atomic E-state index is 0.184. The Morgan fingerprint density at radius 1 is 1.28 bits per heavy atom. The molecule has 1 fully saturated rings. The highest BCUT2D eigenvalue weighted by atomic mass is 19.4. The Bertz CT molecular complexity index is 275. The van der Waals surface area contributed by atoms with E-state index in [4.69, 9.17) is 20.4 Å². The van der Waals surface area contributed by atoms with Crippen molar-refractivity contribution in [3.63, 3.8) is 0 Å². The third-order valence-corrected chi connectivity index (χ3v) is 2.38. The van der Waals surface area contributed by atoms with Crippen molar-refractivity contribution in [2.75, 3.05) is 13.2 Å². The summed E-state index contributed by atoms with van der Waals surface area (Å²) in [7, 11) is 0. The molecule has 1 rings (SSSR count). The van der Waals surface area contributed by atoms with Crippen LogP contribution in [0.2, 0.25) is 0 Å². The molecule has 0 bridgehead atoms. The van der Waals surface area contributed by atoms with E-state index in [2.05, 4.69) is 0 Å². The number of hydrogen-bond donors (Lipinski definition) is 2. The van der Waals surface area contributed by atoms with Crippen molar-refractivity contribution < 1.29 is 32.6 Å². The van der Waals surface area contributed by atoms with Gasteiger partial charge in [-0.15, -0.1) is 0 Å². The molecule has 18 heavy (non-hydrogen) atoms. The first-order valence-electron chi connectivity index (χ1n) is 5.39. The third-order valence-electron chi connectivity index (χ3n) is 2.38. The number of carbonyl (C=O) groups excluding carboxylic acids is 1. The summed E-state index contributed by atoms with van der Waals surface area (Å²) < 4.78 is 36.9. The SMILES string of the molecule is NC(=O)CCC1CCOCC1.O=C(O)C(F)(F)F. The van der Waals surface area contributed by atoms with Crippen LogP contribution in [0.4, 0.5) is 13.2 Å². The van der Waals surface area contributed by atoms with Gasteiger partial charge < -0.3 is 15.6 Å². The van der Waals surface area contributed by atoms with E-state index < -0.39 is 12.1 Å². The highest BCUT2D eigenvalue weighted by Gasteiger charge is 2.38. The van der Waals surface area contributed by atoms with Crippen LogP contribution in [0.1, 0.15) is 25.7 Å². The van der Waals surface area contributed by atoms with Crippen LogP contribution in [-0.2, 0) is 14.3 Å². The summed E-state index contributed by atoms with van der Waals surface area (Å²) in [5.74, 6) is -2.28. The lowest BCUT2D eigenvalue weighted by atomic mass is 9.95. The molecule has 1 heterocycles. The number of halogens is 3. The zero-order valence-electron chi connectivity index (χ0n) is 9.70. The molecule has 1 aliphatic heterocycles. The highest BCUT2D eigenvalue weighted by Crippen LogP contribution is 2.19. The van der Waals surface area contributed by atoms with Crippen molar-refractivity contribution in [2.45, 2.75) is 31.9 Å². The van der Waals surface area contributed by atoms with Crippen LogP contribution < -0.4 is 5.73 Å². The number of ether oxygens (including phenoxy) is 1. The molecule has 8 heteroatoms. The first-order valence-corrected chi connectivity index (χ1v) is 5.39. The Labute approximate surface area is 102 Å². The zero-order valence-corrected chi connectivity index (χ0v) is 9.70. The predicted molar refractivity (Wildman–Crippen MR) is 55.7 cm³/mol. The van der Waals surface area contributed by atoms with Gasteiger partial charge in [0.05, 0.1) is 0 Å². The van der Waals surface area contributed by atoms with Crippen molar-refractivity contribution in [1.29, 1.82) is 0 Å². The second-order valence-corrected chi connectivity index (χ2v) is 3.86. The fourth-order valence-corrected chi connectivity index (χ4v) is 1.38. The summed E-state index contributed by atoms with van der Waals surface area (Å²) in [4.78, 5) is 19.3. The molecule has 3 N–H and O–H groups in total. The average molecular weight is 271 g/mol. The van der Waals surface area contributed by atoms with Gasteiger partial charge in [0.2, 0.25) is 5.91 Å². The second-order valence-electron chi connectivity index (χ2n) is 3.86. The number of alkyl halides is 3. The van der Waals surface area contributed by atoms with Crippen LogP contribution >= 0.6 is 0 Å². The Balaban J connectivity index is 0.000000360. The topological polar surface area (TPSA) is 89.6 Å². The fraction of sp³-hybridized carbons (Fsp3) is 0.800. The third kappa shape index (κ3) is 8.80. The van der Waals surface area contributed by atoms with Crippen molar-refractivity contribution in [3.05, 3.63) is 0 Å². The van der Waals surface area contributed by atoms with Gasteiger partial charge >= 0.3 is 12.1 Å². The molecule has 1 saturated heterocycles. The number of rotatable bonds is 3. The second kappa shape index (κ2) is 7.91. The molecule has 0 aliphatic carbocycles. The van der Waals surface area contributed by atoms with Gasteiger partial charge in [-0.2, -0.15) is 13.2 Å². The maximum Gasteiger partial charge on any atom is 0.490 e. The lowest BCUT2D eigenvalue weighted by Crippen LogP contribution is -2.21. The Kier molecular flexibility index (Phi) is 7.33. The van der Waals surface area contributed by atoms with Crippen molar-refractivity contribution >= 4 is 11.9 Å². The van der Waals surface area contributed by atoms with Gasteiger partial charge in [-0.05, 0) is 25.2 Å². The fourth-order valence-electron chi connectivity index (χ4n) is 1.38. The van der Waals surface area contributed by atoms with E-state index in [9.17, 15) is 18.0 Å². The number of aliphatic carboxylic acids is 1. The smallest absolute Gasteiger partial charge is 0.475 e. The van der Waals surface area contributed by atoms with Crippen LogP contribution in [0.15, 0.2) is 0 Å². The molecular weight excluding hydrogens is 255 g/mol. The van der Waals surface area contributed by atoms with Gasteiger partial charge in [-0.3, -0.25) is 4.79 Å². The quantitative estimate of drug-likeness (QED) is 0.809. The number of amides is 1. The van der Waals surface area contributed by atoms with E-state index >= 15 is 0 Å². The minimum Gasteiger partial charge on any atom is -0.475 e. The van der Waals surface area contributed by atoms with Gasteiger partial charge in [-0.25, -0.2) is 4.79 Å². The number of carboxylic acids is 1. The predicted octanol–water partition coefficient (Wildman–Crippen LogP) is 1.31. The van der Waals surface area contributed by atoms with E-state index in [1.807, 2.05) is 0 Å². The number of nitrogens with two attached hydrogens (primary N) is 1. The molecule has 1 aliphatic rings. The summed E-state index contributed by atoms with van der Waals surface area (Å²) in [6, 6.07) is 0. The standard InChI is InChI=1S/C8H15NO2.C2HF3O2/c9-8(10)2-1-7-3-5-11-6-4-7;3-2(4,5)1(6)7/h7H,1-6H2,(H2,9,10);(H,6,7). The van der Waals surface area contributed by atoms with E-state index in [1.54, 1.807) is 0 Å². The van der Waals surface area contributed by atoms with Crippen molar-refractivity contribution in [1.82, 2.24) is 0 Å². The molecular formula is C10H16F3NO4. The van der Waals surface area contributed by atoms with Crippen LogP contribution in [0.25, 0.3) is 0 Å². The van der Waals surface area contributed by atoms with Crippen molar-refractivity contribution in [3.8, 4) is 0 Å². The van der Waals surface area contributed by atoms with E-state index in [1.165, 1.54) is 0 Å². The van der Waals surface area contributed by atoms with Crippen LogP contribution in [-0.4, -0.2) is 36.4 Å². The molecule has 0 aromatic carbocycles. The molecule has 0 atom stereocenters. The van der Waals surface area contributed by atoms with Gasteiger partial charge in [0.15, 0.2) is 0 Å². The molecule has 0 spiro atoms. The van der Waals surface area contributed by atoms with E-state index in [0.717, 1.165) is 32.5 Å². The van der Waals surface area contributed by atoms with Gasteiger partial charge in [-0.1, -0.05) is 0 Å². The summed E-state index contributed by atoms with van der Waals surface area (Å²) in [6.07, 6.45) is -1.43. The number of carbonyl (C=O) groups is 2. The molecule has 0 aromatic rings. The van der Waals surface area contributed by atoms with E-state index in [-0.39, 0.29) is 5.91 Å². The largest absolute Gasteiger partial charge is 0.490 e. The lowest BCUT2D eigenvalue weighted by Gasteiger charge is -2.20. The van der Waals surface area contributed by atoms with Gasteiger partial charge in [0, 0.05) is 19.6 Å². The molecule has 0 saturated carbocycles. The highest BCUT2D eigenvalue weighted by molar-refractivity contribution is 5.73. The summed E-state index contributed by atoms with van der Waals surface area (Å²) in [5.41, 5.74) is 5.04. The maximum atomic E-state index is 10.6. The first-order chi connectivity index (χ1) is 8.23. The van der Waals surface area contributed by atoms with E-state index in [0.29, 0.717) is 12.3 Å². The van der Waals surface area contributed by atoms with Gasteiger partial charge in [0.25, 0.3) is 0 Å². The summed E-state index contributed by atoms with van der Waals surface area (Å²) in [6.45, 7) is 1.70. The normalized spacial score (nSPS) is 16.6. The molecule has 5 nitrogen and oxygen atoms in total. The molecule has 0 radical (unpaired) electrons.